The smallest absolute Gasteiger partial charge is 0.332 e. The van der Waals surface area contributed by atoms with Gasteiger partial charge in [0.2, 0.25) is 0 Å². The first-order valence-corrected chi connectivity index (χ1v) is 5.19. The molecule has 0 radical (unpaired) electrons. The van der Waals surface area contributed by atoms with E-state index in [0.717, 1.165) is 4.57 Å². The fraction of sp³-hybridized carbons (Fsp3) is 0.500. The molecule has 0 aliphatic carbocycles. The summed E-state index contributed by atoms with van der Waals surface area (Å²) < 4.78 is 2.32. The van der Waals surface area contributed by atoms with Gasteiger partial charge in [-0.15, -0.1) is 0 Å². The van der Waals surface area contributed by atoms with E-state index < -0.39 is 23.1 Å². The Balaban J connectivity index is 2.63. The summed E-state index contributed by atoms with van der Waals surface area (Å²) in [5.41, 5.74) is -0.496. The molecule has 0 bridgehead atoms. The van der Waals surface area contributed by atoms with Crippen LogP contribution in [0.15, 0.2) is 9.59 Å². The fourth-order valence-electron chi connectivity index (χ4n) is 2.04. The van der Waals surface area contributed by atoms with Crippen molar-refractivity contribution in [1.82, 2.24) is 9.13 Å². The number of nitrogens with one attached hydrogen (secondary N) is 1. The van der Waals surface area contributed by atoms with Crippen molar-refractivity contribution in [2.45, 2.75) is 6.42 Å². The van der Waals surface area contributed by atoms with E-state index in [9.17, 15) is 14.4 Å². The average Bonchev–Trinajstić information content (AvgIpc) is 2.32. The fourth-order valence-corrected chi connectivity index (χ4v) is 2.04. The second-order valence-corrected chi connectivity index (χ2v) is 4.15. The first-order chi connectivity index (χ1) is 7.93. The zero-order chi connectivity index (χ0) is 12.7. The molecule has 1 unspecified atom stereocenters. The van der Waals surface area contributed by atoms with Gasteiger partial charge >= 0.3 is 11.7 Å². The van der Waals surface area contributed by atoms with Gasteiger partial charge in [0, 0.05) is 20.6 Å². The van der Waals surface area contributed by atoms with Crippen LogP contribution in [0.25, 0.3) is 0 Å². The Hall–Kier alpha value is -2.05. The number of carboxylic acids is 1. The lowest BCUT2D eigenvalue weighted by Crippen LogP contribution is -2.44. The molecule has 7 nitrogen and oxygen atoms in total. The molecule has 1 aliphatic rings. The van der Waals surface area contributed by atoms with E-state index >= 15 is 0 Å². The topological polar surface area (TPSA) is 93.3 Å². The van der Waals surface area contributed by atoms with Gasteiger partial charge in [0.1, 0.15) is 5.82 Å². The molecule has 2 N–H and O–H groups in total. The maximum Gasteiger partial charge on any atom is 0.332 e. The Morgan fingerprint density at radius 1 is 1.35 bits per heavy atom. The summed E-state index contributed by atoms with van der Waals surface area (Å²) >= 11 is 0. The first kappa shape index (κ1) is 11.4. The van der Waals surface area contributed by atoms with Gasteiger partial charge in [0.05, 0.1) is 11.5 Å². The first-order valence-electron chi connectivity index (χ1n) is 5.19. The molecule has 1 atom stereocenters. The average molecular weight is 239 g/mol. The minimum Gasteiger partial charge on any atom is -0.481 e. The van der Waals surface area contributed by atoms with Crippen LogP contribution in [0, 0.1) is 5.92 Å². The molecule has 2 rings (SSSR count). The number of carboxylic acid groups (broad SMARTS) is 1. The van der Waals surface area contributed by atoms with Crippen molar-refractivity contribution in [2.24, 2.45) is 20.0 Å². The summed E-state index contributed by atoms with van der Waals surface area (Å²) in [4.78, 5) is 34.4. The Kier molecular flexibility index (Phi) is 2.53. The molecule has 92 valence electrons. The third-order valence-corrected chi connectivity index (χ3v) is 3.07. The van der Waals surface area contributed by atoms with E-state index in [1.54, 1.807) is 7.05 Å². The van der Waals surface area contributed by atoms with Crippen LogP contribution in [0.5, 0.6) is 0 Å². The van der Waals surface area contributed by atoms with E-state index in [2.05, 4.69) is 5.32 Å². The summed E-state index contributed by atoms with van der Waals surface area (Å²) in [6.45, 7) is 0.225. The highest BCUT2D eigenvalue weighted by Gasteiger charge is 2.28. The zero-order valence-electron chi connectivity index (χ0n) is 9.56. The van der Waals surface area contributed by atoms with Crippen LogP contribution in [0.2, 0.25) is 0 Å². The maximum absolute atomic E-state index is 11.9. The third-order valence-electron chi connectivity index (χ3n) is 3.07. The predicted molar refractivity (Wildman–Crippen MR) is 60.2 cm³/mol. The summed E-state index contributed by atoms with van der Waals surface area (Å²) in [6.07, 6.45) is 0.151. The van der Waals surface area contributed by atoms with Crippen molar-refractivity contribution in [3.05, 3.63) is 26.4 Å². The molecular formula is C10H13N3O4. The molecule has 1 aliphatic heterocycles. The van der Waals surface area contributed by atoms with Crippen LogP contribution >= 0.6 is 0 Å². The van der Waals surface area contributed by atoms with Crippen LogP contribution in [-0.2, 0) is 25.3 Å². The van der Waals surface area contributed by atoms with Crippen molar-refractivity contribution < 1.29 is 9.90 Å². The number of hydrogen-bond donors (Lipinski definition) is 2. The zero-order valence-corrected chi connectivity index (χ0v) is 9.56. The third kappa shape index (κ3) is 1.63. The molecule has 2 heterocycles. The van der Waals surface area contributed by atoms with Crippen LogP contribution in [0.3, 0.4) is 0 Å². The molecular weight excluding hydrogens is 226 g/mol. The van der Waals surface area contributed by atoms with Crippen LogP contribution in [0.1, 0.15) is 5.56 Å². The molecule has 0 amide bonds. The molecule has 0 saturated carbocycles. The normalized spacial score (nSPS) is 18.4. The van der Waals surface area contributed by atoms with Crippen LogP contribution < -0.4 is 16.6 Å². The summed E-state index contributed by atoms with van der Waals surface area (Å²) in [6, 6.07) is 0. The lowest BCUT2D eigenvalue weighted by Gasteiger charge is -2.24. The minimum atomic E-state index is -0.945. The summed E-state index contributed by atoms with van der Waals surface area (Å²) in [5.74, 6) is -1.15. The summed E-state index contributed by atoms with van der Waals surface area (Å²) in [5, 5.41) is 11.8. The number of carbonyl (C=O) groups is 1. The molecule has 0 fully saturated rings. The summed E-state index contributed by atoms with van der Waals surface area (Å²) in [7, 11) is 2.93. The molecule has 0 aromatic carbocycles. The number of fused-ring (bicyclic) bond motifs is 1. The molecule has 1 aromatic rings. The monoisotopic (exact) mass is 239 g/mol. The highest BCUT2D eigenvalue weighted by atomic mass is 16.4. The van der Waals surface area contributed by atoms with Gasteiger partial charge in [-0.2, -0.15) is 0 Å². The number of rotatable bonds is 1. The van der Waals surface area contributed by atoms with Crippen molar-refractivity contribution in [3.63, 3.8) is 0 Å². The standard InChI is InChI=1S/C10H13N3O4/c1-12-7-6(8(14)13(2)10(12)17)3-5(4-11-7)9(15)16/h5,11H,3-4H2,1-2H3,(H,15,16). The Labute approximate surface area is 96.3 Å². The molecule has 0 spiro atoms. The number of hydrogen-bond acceptors (Lipinski definition) is 4. The highest BCUT2D eigenvalue weighted by molar-refractivity contribution is 5.72. The highest BCUT2D eigenvalue weighted by Crippen LogP contribution is 2.19. The Bertz CT molecular complexity index is 599. The van der Waals surface area contributed by atoms with E-state index in [1.165, 1.54) is 11.6 Å². The van der Waals surface area contributed by atoms with E-state index in [4.69, 9.17) is 5.11 Å². The number of aliphatic carboxylic acids is 1. The lowest BCUT2D eigenvalue weighted by atomic mass is 9.97. The number of aromatic nitrogens is 2. The van der Waals surface area contributed by atoms with Crippen LogP contribution in [0.4, 0.5) is 5.82 Å². The molecule has 7 heteroatoms. The van der Waals surface area contributed by atoms with E-state index in [0.29, 0.717) is 11.4 Å². The number of anilines is 1. The predicted octanol–water partition coefficient (Wildman–Crippen LogP) is -1.25. The van der Waals surface area contributed by atoms with E-state index in [-0.39, 0.29) is 13.0 Å². The van der Waals surface area contributed by atoms with Crippen LogP contribution in [-0.4, -0.2) is 26.8 Å². The van der Waals surface area contributed by atoms with Crippen molar-refractivity contribution in [2.75, 3.05) is 11.9 Å². The second-order valence-electron chi connectivity index (χ2n) is 4.15. The lowest BCUT2D eigenvalue weighted by molar-refractivity contribution is -0.141. The van der Waals surface area contributed by atoms with Gasteiger partial charge in [-0.3, -0.25) is 18.7 Å². The van der Waals surface area contributed by atoms with Gasteiger partial charge in [0.15, 0.2) is 0 Å². The Morgan fingerprint density at radius 3 is 2.59 bits per heavy atom. The van der Waals surface area contributed by atoms with Gasteiger partial charge in [-0.25, -0.2) is 4.79 Å². The minimum absolute atomic E-state index is 0.151. The van der Waals surface area contributed by atoms with Gasteiger partial charge in [0.25, 0.3) is 5.56 Å². The quantitative estimate of drug-likeness (QED) is 0.639. The van der Waals surface area contributed by atoms with E-state index in [1.807, 2.05) is 0 Å². The van der Waals surface area contributed by atoms with Gasteiger partial charge in [-0.05, 0) is 6.42 Å². The number of nitrogens with zero attached hydrogens (tertiary/aromatic N) is 2. The van der Waals surface area contributed by atoms with Crippen molar-refractivity contribution >= 4 is 11.8 Å². The molecule has 1 aromatic heterocycles. The van der Waals surface area contributed by atoms with Gasteiger partial charge in [-0.1, -0.05) is 0 Å². The van der Waals surface area contributed by atoms with Gasteiger partial charge < -0.3 is 10.4 Å². The molecule has 17 heavy (non-hydrogen) atoms. The van der Waals surface area contributed by atoms with Crippen molar-refractivity contribution in [1.29, 1.82) is 0 Å². The second kappa shape index (κ2) is 3.76. The Morgan fingerprint density at radius 2 is 2.00 bits per heavy atom. The van der Waals surface area contributed by atoms with Crippen molar-refractivity contribution in [3.8, 4) is 0 Å². The maximum atomic E-state index is 11.9. The molecule has 0 saturated heterocycles. The largest absolute Gasteiger partial charge is 0.481 e. The SMILES string of the molecule is Cn1c2c(c(=O)n(C)c1=O)CC(C(=O)O)CN2.